The van der Waals surface area contributed by atoms with Crippen LogP contribution in [-0.4, -0.2) is 48.7 Å². The van der Waals surface area contributed by atoms with Crippen LogP contribution < -0.4 is 5.32 Å². The molecule has 1 heterocycles. The Labute approximate surface area is 128 Å². The van der Waals surface area contributed by atoms with Gasteiger partial charge in [-0.3, -0.25) is 4.68 Å². The van der Waals surface area contributed by atoms with Crippen molar-refractivity contribution in [2.45, 2.75) is 51.6 Å². The van der Waals surface area contributed by atoms with Gasteiger partial charge in [0, 0.05) is 25.8 Å². The van der Waals surface area contributed by atoms with E-state index in [4.69, 9.17) is 0 Å². The lowest BCUT2D eigenvalue weighted by Crippen LogP contribution is -2.38. The molecule has 0 aromatic carbocycles. The molecule has 1 rings (SSSR count). The molecule has 0 fully saturated rings. The molecule has 21 heavy (non-hydrogen) atoms. The molecule has 0 radical (unpaired) electrons. The monoisotopic (exact) mass is 316 g/mol. The summed E-state index contributed by atoms with van der Waals surface area (Å²) in [5.74, 6) is 0.264. The lowest BCUT2D eigenvalue weighted by molar-refractivity contribution is 0.315. The number of hydrogen-bond acceptors (Lipinski definition) is 4. The Kier molecular flexibility index (Phi) is 6.83. The van der Waals surface area contributed by atoms with Crippen molar-refractivity contribution in [3.05, 3.63) is 12.4 Å². The SMILES string of the molecule is CCNCCCn1cc(S(=O)(=O)N(C)C(C)C(C)C)cn1. The molecule has 1 atom stereocenters. The third kappa shape index (κ3) is 4.79. The smallest absolute Gasteiger partial charge is 0.246 e. The summed E-state index contributed by atoms with van der Waals surface area (Å²) in [7, 11) is -1.84. The van der Waals surface area contributed by atoms with Crippen molar-refractivity contribution >= 4 is 10.0 Å². The van der Waals surface area contributed by atoms with Crippen LogP contribution in [0.25, 0.3) is 0 Å². The summed E-state index contributed by atoms with van der Waals surface area (Å²) in [6.45, 7) is 10.6. The van der Waals surface area contributed by atoms with E-state index in [1.807, 2.05) is 20.8 Å². The van der Waals surface area contributed by atoms with Crippen molar-refractivity contribution in [2.24, 2.45) is 5.92 Å². The third-order valence-corrected chi connectivity index (χ3v) is 5.71. The topological polar surface area (TPSA) is 67.2 Å². The summed E-state index contributed by atoms with van der Waals surface area (Å²) in [4.78, 5) is 0.265. The van der Waals surface area contributed by atoms with Crippen LogP contribution >= 0.6 is 0 Å². The summed E-state index contributed by atoms with van der Waals surface area (Å²) in [5, 5.41) is 7.38. The quantitative estimate of drug-likeness (QED) is 0.702. The number of rotatable bonds is 9. The largest absolute Gasteiger partial charge is 0.317 e. The number of sulfonamides is 1. The molecule has 122 valence electrons. The number of hydrogen-bond donors (Lipinski definition) is 1. The fourth-order valence-electron chi connectivity index (χ4n) is 1.95. The molecule has 0 aliphatic carbocycles. The summed E-state index contributed by atoms with van der Waals surface area (Å²) in [5.41, 5.74) is 0. The highest BCUT2D eigenvalue weighted by Gasteiger charge is 2.28. The molecule has 0 aliphatic heterocycles. The summed E-state index contributed by atoms with van der Waals surface area (Å²) >= 11 is 0. The van der Waals surface area contributed by atoms with Crippen LogP contribution in [0.4, 0.5) is 0 Å². The van der Waals surface area contributed by atoms with Gasteiger partial charge in [-0.1, -0.05) is 20.8 Å². The normalized spacial score (nSPS) is 14.0. The van der Waals surface area contributed by atoms with Gasteiger partial charge in [0.05, 0.1) is 6.20 Å². The van der Waals surface area contributed by atoms with Crippen LogP contribution in [-0.2, 0) is 16.6 Å². The van der Waals surface area contributed by atoms with Gasteiger partial charge in [0.2, 0.25) is 10.0 Å². The van der Waals surface area contributed by atoms with E-state index in [-0.39, 0.29) is 16.9 Å². The van der Waals surface area contributed by atoms with Gasteiger partial charge in [-0.15, -0.1) is 0 Å². The first-order valence-electron chi connectivity index (χ1n) is 7.52. The molecule has 1 aromatic heterocycles. The number of nitrogens with zero attached hydrogens (tertiary/aromatic N) is 3. The predicted octanol–water partition coefficient (Wildman–Crippen LogP) is 1.55. The molecule has 0 saturated heterocycles. The van der Waals surface area contributed by atoms with Gasteiger partial charge in [0.15, 0.2) is 0 Å². The fourth-order valence-corrected chi connectivity index (χ4v) is 3.40. The van der Waals surface area contributed by atoms with E-state index in [1.54, 1.807) is 17.9 Å². The van der Waals surface area contributed by atoms with E-state index in [0.717, 1.165) is 19.5 Å². The zero-order valence-electron chi connectivity index (χ0n) is 13.7. The highest BCUT2D eigenvalue weighted by molar-refractivity contribution is 7.89. The predicted molar refractivity (Wildman–Crippen MR) is 84.6 cm³/mol. The summed E-state index contributed by atoms with van der Waals surface area (Å²) < 4.78 is 28.2. The van der Waals surface area contributed by atoms with Crippen LogP contribution in [0.5, 0.6) is 0 Å². The van der Waals surface area contributed by atoms with Gasteiger partial charge in [0.25, 0.3) is 0 Å². The first-order chi connectivity index (χ1) is 9.80. The average molecular weight is 316 g/mol. The number of aromatic nitrogens is 2. The molecule has 0 amide bonds. The number of nitrogens with one attached hydrogen (secondary N) is 1. The molecule has 0 aliphatic rings. The van der Waals surface area contributed by atoms with Gasteiger partial charge >= 0.3 is 0 Å². The lowest BCUT2D eigenvalue weighted by Gasteiger charge is -2.26. The first kappa shape index (κ1) is 18.1. The highest BCUT2D eigenvalue weighted by Crippen LogP contribution is 2.19. The highest BCUT2D eigenvalue weighted by atomic mass is 32.2. The van der Waals surface area contributed by atoms with E-state index in [1.165, 1.54) is 10.5 Å². The maximum absolute atomic E-state index is 12.5. The Morgan fingerprint density at radius 2 is 2.05 bits per heavy atom. The first-order valence-corrected chi connectivity index (χ1v) is 8.96. The second-order valence-electron chi connectivity index (χ2n) is 5.65. The van der Waals surface area contributed by atoms with Crippen LogP contribution in [0.2, 0.25) is 0 Å². The summed E-state index contributed by atoms with van der Waals surface area (Å²) in [6, 6.07) is -0.0490. The Hall–Kier alpha value is -0.920. The van der Waals surface area contributed by atoms with Crippen LogP contribution in [0.3, 0.4) is 0 Å². The lowest BCUT2D eigenvalue weighted by atomic mass is 10.1. The van der Waals surface area contributed by atoms with Gasteiger partial charge < -0.3 is 5.32 Å². The second-order valence-corrected chi connectivity index (χ2v) is 7.65. The maximum atomic E-state index is 12.5. The van der Waals surface area contributed by atoms with Crippen molar-refractivity contribution in [1.29, 1.82) is 0 Å². The van der Waals surface area contributed by atoms with Crippen molar-refractivity contribution in [2.75, 3.05) is 20.1 Å². The van der Waals surface area contributed by atoms with Crippen molar-refractivity contribution in [3.8, 4) is 0 Å². The minimum Gasteiger partial charge on any atom is -0.317 e. The summed E-state index contributed by atoms with van der Waals surface area (Å²) in [6.07, 6.45) is 3.98. The molecular formula is C14H28N4O2S. The van der Waals surface area contributed by atoms with E-state index in [9.17, 15) is 8.42 Å². The fraction of sp³-hybridized carbons (Fsp3) is 0.786. The average Bonchev–Trinajstić information content (AvgIpc) is 2.91. The third-order valence-electron chi connectivity index (χ3n) is 3.82. The van der Waals surface area contributed by atoms with Crippen LogP contribution in [0, 0.1) is 5.92 Å². The van der Waals surface area contributed by atoms with E-state index < -0.39 is 10.0 Å². The zero-order chi connectivity index (χ0) is 16.0. The number of aryl methyl sites for hydroxylation is 1. The standard InChI is InChI=1S/C14H28N4O2S/c1-6-15-8-7-9-18-11-14(10-16-18)21(19,20)17(5)13(4)12(2)3/h10-13,15H,6-9H2,1-5H3. The van der Waals surface area contributed by atoms with Crippen LogP contribution in [0.1, 0.15) is 34.1 Å². The Balaban J connectivity index is 2.74. The van der Waals surface area contributed by atoms with Crippen molar-refractivity contribution in [1.82, 2.24) is 19.4 Å². The molecule has 0 bridgehead atoms. The molecule has 1 N–H and O–H groups in total. The van der Waals surface area contributed by atoms with Gasteiger partial charge in [-0.2, -0.15) is 9.40 Å². The zero-order valence-corrected chi connectivity index (χ0v) is 14.5. The molecule has 7 heteroatoms. The van der Waals surface area contributed by atoms with E-state index in [2.05, 4.69) is 17.3 Å². The Morgan fingerprint density at radius 1 is 1.38 bits per heavy atom. The Morgan fingerprint density at radius 3 is 2.62 bits per heavy atom. The maximum Gasteiger partial charge on any atom is 0.246 e. The molecule has 0 saturated carbocycles. The second kappa shape index (κ2) is 7.91. The minimum absolute atomic E-state index is 0.0490. The Bertz CT molecular complexity index is 525. The van der Waals surface area contributed by atoms with Crippen molar-refractivity contribution < 1.29 is 8.42 Å². The minimum atomic E-state index is -3.46. The van der Waals surface area contributed by atoms with Crippen LogP contribution in [0.15, 0.2) is 17.3 Å². The van der Waals surface area contributed by atoms with Gasteiger partial charge in [-0.25, -0.2) is 8.42 Å². The molecule has 1 unspecified atom stereocenters. The van der Waals surface area contributed by atoms with Gasteiger partial charge in [0.1, 0.15) is 4.90 Å². The van der Waals surface area contributed by atoms with Crippen molar-refractivity contribution in [3.63, 3.8) is 0 Å². The molecule has 6 nitrogen and oxygen atoms in total. The van der Waals surface area contributed by atoms with E-state index >= 15 is 0 Å². The molecular weight excluding hydrogens is 288 g/mol. The molecule has 0 spiro atoms. The van der Waals surface area contributed by atoms with Gasteiger partial charge in [-0.05, 0) is 32.4 Å². The van der Waals surface area contributed by atoms with E-state index in [0.29, 0.717) is 6.54 Å². The molecule has 1 aromatic rings.